The van der Waals surface area contributed by atoms with Crippen molar-refractivity contribution < 1.29 is 5.11 Å². The Bertz CT molecular complexity index is 703. The number of benzene rings is 2. The van der Waals surface area contributed by atoms with Crippen LogP contribution >= 0.6 is 11.6 Å². The number of aromatic nitrogens is 1. The Morgan fingerprint density at radius 3 is 2.78 bits per heavy atom. The SMILES string of the molecule is OCc1cccc(-n2ccc3ccc(Cl)cc32)c1. The lowest BCUT2D eigenvalue weighted by Crippen LogP contribution is -1.93. The van der Waals surface area contributed by atoms with E-state index in [0.717, 1.165) is 27.2 Å². The molecule has 3 aromatic rings. The van der Waals surface area contributed by atoms with Gasteiger partial charge in [0.05, 0.1) is 12.1 Å². The van der Waals surface area contributed by atoms with Crippen molar-refractivity contribution in [3.8, 4) is 5.69 Å². The standard InChI is InChI=1S/C15H12ClNO/c16-13-5-4-12-6-7-17(15(12)9-13)14-3-1-2-11(8-14)10-18/h1-9,18H,10H2. The van der Waals surface area contributed by atoms with Crippen LogP contribution in [0.25, 0.3) is 16.6 Å². The summed E-state index contributed by atoms with van der Waals surface area (Å²) in [6, 6.07) is 15.7. The molecule has 90 valence electrons. The van der Waals surface area contributed by atoms with Crippen molar-refractivity contribution in [2.24, 2.45) is 0 Å². The third-order valence-electron chi connectivity index (χ3n) is 3.03. The number of nitrogens with zero attached hydrogens (tertiary/aromatic N) is 1. The van der Waals surface area contributed by atoms with E-state index in [9.17, 15) is 5.11 Å². The molecule has 0 bridgehead atoms. The molecule has 0 atom stereocenters. The predicted molar refractivity (Wildman–Crippen MR) is 74.2 cm³/mol. The van der Waals surface area contributed by atoms with Gasteiger partial charge in [-0.3, -0.25) is 0 Å². The van der Waals surface area contributed by atoms with Gasteiger partial charge in [-0.15, -0.1) is 0 Å². The van der Waals surface area contributed by atoms with Crippen LogP contribution in [0.15, 0.2) is 54.7 Å². The summed E-state index contributed by atoms with van der Waals surface area (Å²) in [5.74, 6) is 0. The first-order valence-electron chi connectivity index (χ1n) is 5.75. The van der Waals surface area contributed by atoms with E-state index < -0.39 is 0 Å². The van der Waals surface area contributed by atoms with E-state index >= 15 is 0 Å². The maximum absolute atomic E-state index is 9.19. The highest BCUT2D eigenvalue weighted by Crippen LogP contribution is 2.24. The maximum Gasteiger partial charge on any atom is 0.0682 e. The quantitative estimate of drug-likeness (QED) is 0.743. The van der Waals surface area contributed by atoms with Gasteiger partial charge in [-0.2, -0.15) is 0 Å². The van der Waals surface area contributed by atoms with E-state index in [1.54, 1.807) is 0 Å². The van der Waals surface area contributed by atoms with E-state index in [1.807, 2.05) is 48.7 Å². The van der Waals surface area contributed by atoms with E-state index in [-0.39, 0.29) is 6.61 Å². The topological polar surface area (TPSA) is 25.2 Å². The number of halogens is 1. The molecule has 1 heterocycles. The maximum atomic E-state index is 9.19. The Hall–Kier alpha value is -1.77. The number of hydrogen-bond donors (Lipinski definition) is 1. The van der Waals surface area contributed by atoms with Crippen LogP contribution in [0.5, 0.6) is 0 Å². The third-order valence-corrected chi connectivity index (χ3v) is 3.26. The van der Waals surface area contributed by atoms with Crippen LogP contribution in [0.4, 0.5) is 0 Å². The van der Waals surface area contributed by atoms with Crippen LogP contribution in [0.3, 0.4) is 0 Å². The smallest absolute Gasteiger partial charge is 0.0682 e. The Balaban J connectivity index is 2.21. The van der Waals surface area contributed by atoms with Gasteiger partial charge in [0.25, 0.3) is 0 Å². The highest BCUT2D eigenvalue weighted by molar-refractivity contribution is 6.31. The second-order valence-electron chi connectivity index (χ2n) is 4.22. The van der Waals surface area contributed by atoms with Gasteiger partial charge in [-0.25, -0.2) is 0 Å². The molecule has 1 N–H and O–H groups in total. The van der Waals surface area contributed by atoms with E-state index in [0.29, 0.717) is 0 Å². The summed E-state index contributed by atoms with van der Waals surface area (Å²) in [6.45, 7) is 0.0494. The molecule has 0 saturated heterocycles. The fourth-order valence-electron chi connectivity index (χ4n) is 2.13. The summed E-state index contributed by atoms with van der Waals surface area (Å²) in [4.78, 5) is 0. The minimum absolute atomic E-state index is 0.0494. The number of aliphatic hydroxyl groups is 1. The van der Waals surface area contributed by atoms with Gasteiger partial charge in [0.15, 0.2) is 0 Å². The van der Waals surface area contributed by atoms with Crippen molar-refractivity contribution in [2.45, 2.75) is 6.61 Å². The second-order valence-corrected chi connectivity index (χ2v) is 4.65. The number of hydrogen-bond acceptors (Lipinski definition) is 1. The van der Waals surface area contributed by atoms with Crippen molar-refractivity contribution in [3.05, 3.63) is 65.3 Å². The molecule has 18 heavy (non-hydrogen) atoms. The molecule has 2 nitrogen and oxygen atoms in total. The van der Waals surface area contributed by atoms with Crippen LogP contribution in [-0.4, -0.2) is 9.67 Å². The average molecular weight is 258 g/mol. The largest absolute Gasteiger partial charge is 0.392 e. The molecule has 0 fully saturated rings. The summed E-state index contributed by atoms with van der Waals surface area (Å²) in [5, 5.41) is 11.1. The molecule has 0 amide bonds. The highest BCUT2D eigenvalue weighted by Gasteiger charge is 2.04. The first-order valence-corrected chi connectivity index (χ1v) is 6.12. The Kier molecular flexibility index (Phi) is 2.82. The highest BCUT2D eigenvalue weighted by atomic mass is 35.5. The first kappa shape index (κ1) is 11.3. The van der Waals surface area contributed by atoms with E-state index in [4.69, 9.17) is 11.6 Å². The van der Waals surface area contributed by atoms with E-state index in [1.165, 1.54) is 0 Å². The minimum Gasteiger partial charge on any atom is -0.392 e. The zero-order chi connectivity index (χ0) is 12.5. The summed E-state index contributed by atoms with van der Waals surface area (Å²) >= 11 is 6.04. The molecule has 0 unspecified atom stereocenters. The van der Waals surface area contributed by atoms with Gasteiger partial charge in [0.2, 0.25) is 0 Å². The summed E-state index contributed by atoms with van der Waals surface area (Å²) in [6.07, 6.45) is 2.01. The van der Waals surface area contributed by atoms with Gasteiger partial charge in [-0.1, -0.05) is 29.8 Å². The van der Waals surface area contributed by atoms with Crippen LogP contribution in [0, 0.1) is 0 Å². The van der Waals surface area contributed by atoms with Crippen molar-refractivity contribution in [2.75, 3.05) is 0 Å². The minimum atomic E-state index is 0.0494. The van der Waals surface area contributed by atoms with Gasteiger partial charge >= 0.3 is 0 Å². The average Bonchev–Trinajstić information content (AvgIpc) is 2.81. The molecule has 1 aromatic heterocycles. The monoisotopic (exact) mass is 257 g/mol. The number of fused-ring (bicyclic) bond motifs is 1. The summed E-state index contributed by atoms with van der Waals surface area (Å²) in [5.41, 5.74) is 2.99. The predicted octanol–water partition coefficient (Wildman–Crippen LogP) is 3.78. The van der Waals surface area contributed by atoms with Crippen LogP contribution in [0.1, 0.15) is 5.56 Å². The fraction of sp³-hybridized carbons (Fsp3) is 0.0667. The van der Waals surface area contributed by atoms with Crippen LogP contribution in [-0.2, 0) is 6.61 Å². The zero-order valence-corrected chi connectivity index (χ0v) is 10.4. The van der Waals surface area contributed by atoms with Crippen LogP contribution < -0.4 is 0 Å². The lowest BCUT2D eigenvalue weighted by Gasteiger charge is -2.07. The summed E-state index contributed by atoms with van der Waals surface area (Å²) in [7, 11) is 0. The fourth-order valence-corrected chi connectivity index (χ4v) is 2.30. The second kappa shape index (κ2) is 4.48. The lowest BCUT2D eigenvalue weighted by atomic mass is 10.2. The lowest BCUT2D eigenvalue weighted by molar-refractivity contribution is 0.282. The number of aliphatic hydroxyl groups excluding tert-OH is 1. The molecule has 0 aliphatic rings. The molecule has 0 spiro atoms. The molecule has 0 aliphatic carbocycles. The summed E-state index contributed by atoms with van der Waals surface area (Å²) < 4.78 is 2.07. The molecule has 3 heteroatoms. The zero-order valence-electron chi connectivity index (χ0n) is 9.68. The van der Waals surface area contributed by atoms with Gasteiger partial charge < -0.3 is 9.67 Å². The molecule has 0 aliphatic heterocycles. The first-order chi connectivity index (χ1) is 8.78. The molecule has 2 aromatic carbocycles. The van der Waals surface area contributed by atoms with E-state index in [2.05, 4.69) is 10.6 Å². The Labute approximate surface area is 110 Å². The van der Waals surface area contributed by atoms with Crippen molar-refractivity contribution in [1.29, 1.82) is 0 Å². The van der Waals surface area contributed by atoms with Gasteiger partial charge in [0, 0.05) is 22.3 Å². The van der Waals surface area contributed by atoms with Crippen molar-refractivity contribution in [3.63, 3.8) is 0 Å². The van der Waals surface area contributed by atoms with Gasteiger partial charge in [-0.05, 0) is 35.9 Å². The van der Waals surface area contributed by atoms with Gasteiger partial charge in [0.1, 0.15) is 0 Å². The van der Waals surface area contributed by atoms with Crippen molar-refractivity contribution >= 4 is 22.5 Å². The normalized spacial score (nSPS) is 11.0. The Morgan fingerprint density at radius 1 is 1.06 bits per heavy atom. The third kappa shape index (κ3) is 1.90. The number of rotatable bonds is 2. The molecule has 0 saturated carbocycles. The Morgan fingerprint density at radius 2 is 1.94 bits per heavy atom. The molecular formula is C15H12ClNO. The molecule has 3 rings (SSSR count). The molecular weight excluding hydrogens is 246 g/mol. The van der Waals surface area contributed by atoms with Crippen LogP contribution in [0.2, 0.25) is 5.02 Å². The van der Waals surface area contributed by atoms with Crippen molar-refractivity contribution in [1.82, 2.24) is 4.57 Å². The molecule has 0 radical (unpaired) electrons.